The van der Waals surface area contributed by atoms with Gasteiger partial charge in [0.05, 0.1) is 0 Å². The third-order valence-corrected chi connectivity index (χ3v) is 3.86. The number of hydrogen-bond donors (Lipinski definition) is 0. The van der Waals surface area contributed by atoms with Crippen LogP contribution in [-0.4, -0.2) is 5.78 Å². The highest BCUT2D eigenvalue weighted by atomic mass is 16.1. The first kappa shape index (κ1) is 7.33. The number of fused-ring (bicyclic) bond motifs is 1. The first-order valence-corrected chi connectivity index (χ1v) is 4.81. The van der Waals surface area contributed by atoms with E-state index in [2.05, 4.69) is 6.92 Å². The van der Waals surface area contributed by atoms with Gasteiger partial charge in [-0.05, 0) is 37.5 Å². The maximum Gasteiger partial charge on any atom is 0.136 e. The molecule has 2 rings (SSSR count). The molecule has 0 aromatic heterocycles. The topological polar surface area (TPSA) is 17.1 Å². The Morgan fingerprint density at radius 3 is 2.82 bits per heavy atom. The molecule has 0 radical (unpaired) electrons. The molecule has 0 amide bonds. The smallest absolute Gasteiger partial charge is 0.136 e. The van der Waals surface area contributed by atoms with Crippen molar-refractivity contribution in [1.29, 1.82) is 0 Å². The molecule has 0 spiro atoms. The summed E-state index contributed by atoms with van der Waals surface area (Å²) in [5.41, 5.74) is 0.481. The molecule has 0 N–H and O–H groups in total. The predicted molar refractivity (Wildman–Crippen MR) is 44.3 cm³/mol. The van der Waals surface area contributed by atoms with Crippen LogP contribution in [0.25, 0.3) is 0 Å². The predicted octanol–water partition coefficient (Wildman–Crippen LogP) is 2.55. The minimum atomic E-state index is 0.473. The number of rotatable bonds is 1. The molecule has 0 heterocycles. The Hall–Kier alpha value is -0.330. The van der Waals surface area contributed by atoms with E-state index in [4.69, 9.17) is 0 Å². The van der Waals surface area contributed by atoms with Gasteiger partial charge in [0.15, 0.2) is 0 Å². The summed E-state index contributed by atoms with van der Waals surface area (Å²) in [5.74, 6) is 1.03. The molecule has 1 heteroatoms. The van der Waals surface area contributed by atoms with Gasteiger partial charge < -0.3 is 0 Å². The van der Waals surface area contributed by atoms with E-state index >= 15 is 0 Å². The van der Waals surface area contributed by atoms with E-state index in [0.29, 0.717) is 17.1 Å². The van der Waals surface area contributed by atoms with Crippen molar-refractivity contribution in [1.82, 2.24) is 0 Å². The summed E-state index contributed by atoms with van der Waals surface area (Å²) in [5, 5.41) is 0. The monoisotopic (exact) mass is 152 g/mol. The maximum absolute atomic E-state index is 11.4. The second kappa shape index (κ2) is 2.33. The molecule has 2 fully saturated rings. The number of carbonyl (C=O) groups is 1. The normalized spacial score (nSPS) is 43.0. The van der Waals surface area contributed by atoms with Crippen molar-refractivity contribution in [2.24, 2.45) is 11.3 Å². The standard InChI is InChI=1S/C10H16O/c1-2-10-6-3-4-9(11)8(10)5-7-10/h8H,2-7H2,1H3. The fourth-order valence-corrected chi connectivity index (χ4v) is 2.89. The van der Waals surface area contributed by atoms with Crippen LogP contribution in [0.15, 0.2) is 0 Å². The van der Waals surface area contributed by atoms with E-state index in [0.717, 1.165) is 12.8 Å². The first-order valence-electron chi connectivity index (χ1n) is 4.81. The minimum absolute atomic E-state index is 0.473. The Morgan fingerprint density at radius 2 is 2.36 bits per heavy atom. The van der Waals surface area contributed by atoms with Gasteiger partial charge in [-0.2, -0.15) is 0 Å². The maximum atomic E-state index is 11.4. The van der Waals surface area contributed by atoms with E-state index < -0.39 is 0 Å². The van der Waals surface area contributed by atoms with Crippen molar-refractivity contribution < 1.29 is 4.79 Å². The average Bonchev–Trinajstić information content (AvgIpc) is 1.94. The molecule has 0 aliphatic heterocycles. The summed E-state index contributed by atoms with van der Waals surface area (Å²) >= 11 is 0. The molecule has 2 saturated carbocycles. The van der Waals surface area contributed by atoms with Gasteiger partial charge in [0, 0.05) is 12.3 Å². The average molecular weight is 152 g/mol. The number of carbonyl (C=O) groups excluding carboxylic acids is 1. The van der Waals surface area contributed by atoms with Gasteiger partial charge in [-0.1, -0.05) is 6.92 Å². The zero-order chi connectivity index (χ0) is 7.90. The summed E-state index contributed by atoms with van der Waals surface area (Å²) in [4.78, 5) is 11.4. The summed E-state index contributed by atoms with van der Waals surface area (Å²) in [6.45, 7) is 2.24. The van der Waals surface area contributed by atoms with Crippen molar-refractivity contribution in [3.8, 4) is 0 Å². The van der Waals surface area contributed by atoms with Crippen LogP contribution in [-0.2, 0) is 4.79 Å². The molecule has 0 bridgehead atoms. The molecule has 1 nitrogen and oxygen atoms in total. The van der Waals surface area contributed by atoms with Crippen LogP contribution >= 0.6 is 0 Å². The molecular formula is C10H16O. The van der Waals surface area contributed by atoms with Crippen LogP contribution in [0, 0.1) is 11.3 Å². The van der Waals surface area contributed by atoms with Gasteiger partial charge in [0.2, 0.25) is 0 Å². The lowest BCUT2D eigenvalue weighted by Gasteiger charge is -2.51. The fourth-order valence-electron chi connectivity index (χ4n) is 2.89. The van der Waals surface area contributed by atoms with Crippen molar-refractivity contribution in [2.45, 2.75) is 45.4 Å². The Bertz CT molecular complexity index is 181. The molecule has 2 aliphatic rings. The van der Waals surface area contributed by atoms with Crippen LogP contribution in [0.2, 0.25) is 0 Å². The highest BCUT2D eigenvalue weighted by molar-refractivity contribution is 5.83. The molecule has 0 aromatic rings. The van der Waals surface area contributed by atoms with Crippen LogP contribution < -0.4 is 0 Å². The highest BCUT2D eigenvalue weighted by Crippen LogP contribution is 2.55. The lowest BCUT2D eigenvalue weighted by Crippen LogP contribution is -2.47. The Morgan fingerprint density at radius 1 is 1.55 bits per heavy atom. The SMILES string of the molecule is CCC12CCCC(=O)C1CC2. The number of hydrogen-bond acceptors (Lipinski definition) is 1. The second-order valence-electron chi connectivity index (χ2n) is 4.13. The Labute approximate surface area is 68.2 Å². The molecule has 0 saturated heterocycles. The second-order valence-corrected chi connectivity index (χ2v) is 4.13. The van der Waals surface area contributed by atoms with E-state index in [-0.39, 0.29) is 0 Å². The first-order chi connectivity index (χ1) is 5.28. The van der Waals surface area contributed by atoms with Gasteiger partial charge in [-0.15, -0.1) is 0 Å². The molecule has 2 unspecified atom stereocenters. The number of ketones is 1. The largest absolute Gasteiger partial charge is 0.299 e. The molecular weight excluding hydrogens is 136 g/mol. The molecule has 0 aromatic carbocycles. The van der Waals surface area contributed by atoms with Crippen molar-refractivity contribution in [3.63, 3.8) is 0 Å². The lowest BCUT2D eigenvalue weighted by atomic mass is 9.52. The van der Waals surface area contributed by atoms with Gasteiger partial charge in [0.25, 0.3) is 0 Å². The summed E-state index contributed by atoms with van der Waals surface area (Å²) in [7, 11) is 0. The molecule has 2 atom stereocenters. The summed E-state index contributed by atoms with van der Waals surface area (Å²) < 4.78 is 0. The fraction of sp³-hybridized carbons (Fsp3) is 0.900. The van der Waals surface area contributed by atoms with E-state index in [9.17, 15) is 4.79 Å². The summed E-state index contributed by atoms with van der Waals surface area (Å²) in [6.07, 6.45) is 7.07. The highest BCUT2D eigenvalue weighted by Gasteiger charge is 2.50. The van der Waals surface area contributed by atoms with Crippen molar-refractivity contribution >= 4 is 5.78 Å². The third kappa shape index (κ3) is 0.863. The van der Waals surface area contributed by atoms with Crippen LogP contribution in [0.4, 0.5) is 0 Å². The Kier molecular flexibility index (Phi) is 1.55. The lowest BCUT2D eigenvalue weighted by molar-refractivity contribution is -0.139. The van der Waals surface area contributed by atoms with Gasteiger partial charge in [-0.25, -0.2) is 0 Å². The summed E-state index contributed by atoms with van der Waals surface area (Å²) in [6, 6.07) is 0. The van der Waals surface area contributed by atoms with E-state index in [1.165, 1.54) is 25.7 Å². The van der Waals surface area contributed by atoms with Crippen molar-refractivity contribution in [2.75, 3.05) is 0 Å². The third-order valence-electron chi connectivity index (χ3n) is 3.86. The molecule has 2 aliphatic carbocycles. The minimum Gasteiger partial charge on any atom is -0.299 e. The van der Waals surface area contributed by atoms with Crippen LogP contribution in [0.5, 0.6) is 0 Å². The zero-order valence-electron chi connectivity index (χ0n) is 7.23. The Balaban J connectivity index is 2.15. The molecule has 11 heavy (non-hydrogen) atoms. The zero-order valence-corrected chi connectivity index (χ0v) is 7.23. The quantitative estimate of drug-likeness (QED) is 0.564. The van der Waals surface area contributed by atoms with Crippen LogP contribution in [0.3, 0.4) is 0 Å². The van der Waals surface area contributed by atoms with Crippen molar-refractivity contribution in [3.05, 3.63) is 0 Å². The van der Waals surface area contributed by atoms with Crippen LogP contribution in [0.1, 0.15) is 45.4 Å². The molecule has 62 valence electrons. The van der Waals surface area contributed by atoms with E-state index in [1.54, 1.807) is 0 Å². The van der Waals surface area contributed by atoms with Gasteiger partial charge in [-0.3, -0.25) is 4.79 Å². The number of Topliss-reactive ketones (excluding diaryl/α,β-unsaturated/α-hetero) is 1. The van der Waals surface area contributed by atoms with Gasteiger partial charge in [0.1, 0.15) is 5.78 Å². The van der Waals surface area contributed by atoms with Gasteiger partial charge >= 0.3 is 0 Å². The van der Waals surface area contributed by atoms with E-state index in [1.807, 2.05) is 0 Å².